The Kier molecular flexibility index (Phi) is 7.08. The van der Waals surface area contributed by atoms with Crippen LogP contribution < -0.4 is 0 Å². The maximum absolute atomic E-state index is 12.0. The van der Waals surface area contributed by atoms with Crippen LogP contribution in [-0.2, 0) is 30.5 Å². The van der Waals surface area contributed by atoms with Crippen LogP contribution in [0.4, 0.5) is 4.39 Å². The maximum atomic E-state index is 12.0. The first kappa shape index (κ1) is 17.0. The topological polar surface area (TPSA) is 61.8 Å². The first-order chi connectivity index (χ1) is 9.51. The molecule has 1 aromatic carbocycles. The Morgan fingerprint density at radius 1 is 1.20 bits per heavy atom. The van der Waals surface area contributed by atoms with Gasteiger partial charge in [-0.25, -0.2) is 9.28 Å². The molecule has 0 bridgehead atoms. The van der Waals surface area contributed by atoms with Gasteiger partial charge in [-0.3, -0.25) is 0 Å². The highest BCUT2D eigenvalue weighted by molar-refractivity contribution is 7.86. The van der Waals surface area contributed by atoms with Crippen LogP contribution in [0.2, 0.25) is 0 Å². The molecule has 20 heavy (non-hydrogen) atoms. The molecule has 114 valence electrons. The number of rotatable bonds is 9. The number of benzene rings is 1. The SMILES string of the molecule is CCc1cc(C)ccc1S(=O)(=O)OOCCOCCF. The van der Waals surface area contributed by atoms with Crippen molar-refractivity contribution in [2.24, 2.45) is 0 Å². The quantitative estimate of drug-likeness (QED) is 0.397. The summed E-state index contributed by atoms with van der Waals surface area (Å²) in [6.45, 7) is 3.07. The van der Waals surface area contributed by atoms with Crippen LogP contribution in [0.15, 0.2) is 23.1 Å². The van der Waals surface area contributed by atoms with Gasteiger partial charge in [-0.1, -0.05) is 24.6 Å². The Bertz CT molecular complexity index is 515. The third-order valence-electron chi connectivity index (χ3n) is 2.54. The van der Waals surface area contributed by atoms with E-state index in [9.17, 15) is 12.8 Å². The number of hydrogen-bond donors (Lipinski definition) is 0. The number of aryl methyl sites for hydroxylation is 2. The van der Waals surface area contributed by atoms with Crippen molar-refractivity contribution >= 4 is 10.1 Å². The van der Waals surface area contributed by atoms with E-state index in [1.165, 1.54) is 6.07 Å². The van der Waals surface area contributed by atoms with Crippen molar-refractivity contribution in [3.8, 4) is 0 Å². The van der Waals surface area contributed by atoms with Crippen LogP contribution >= 0.6 is 0 Å². The van der Waals surface area contributed by atoms with Crippen LogP contribution in [0.5, 0.6) is 0 Å². The van der Waals surface area contributed by atoms with Gasteiger partial charge in [0, 0.05) is 0 Å². The second-order valence-corrected chi connectivity index (χ2v) is 5.59. The maximum Gasteiger partial charge on any atom is 0.323 e. The number of ether oxygens (including phenoxy) is 1. The number of alkyl halides is 1. The summed E-state index contributed by atoms with van der Waals surface area (Å²) in [6, 6.07) is 4.98. The summed E-state index contributed by atoms with van der Waals surface area (Å²) in [4.78, 5) is 4.69. The van der Waals surface area contributed by atoms with Crippen LogP contribution in [0.25, 0.3) is 0 Å². The number of halogens is 1. The van der Waals surface area contributed by atoms with E-state index in [2.05, 4.69) is 9.22 Å². The average molecular weight is 306 g/mol. The van der Waals surface area contributed by atoms with Crippen LogP contribution in [-0.4, -0.2) is 34.9 Å². The van der Waals surface area contributed by atoms with Gasteiger partial charge in [-0.15, -0.1) is 4.33 Å². The van der Waals surface area contributed by atoms with Crippen molar-refractivity contribution in [2.75, 3.05) is 26.5 Å². The fourth-order valence-corrected chi connectivity index (χ4v) is 2.64. The minimum Gasteiger partial charge on any atom is -0.376 e. The molecule has 0 radical (unpaired) electrons. The molecule has 0 aromatic heterocycles. The highest BCUT2D eigenvalue weighted by Gasteiger charge is 2.20. The van der Waals surface area contributed by atoms with Gasteiger partial charge in [0.25, 0.3) is 0 Å². The van der Waals surface area contributed by atoms with Crippen molar-refractivity contribution in [3.63, 3.8) is 0 Å². The van der Waals surface area contributed by atoms with Gasteiger partial charge in [0.2, 0.25) is 0 Å². The van der Waals surface area contributed by atoms with Crippen molar-refractivity contribution in [1.82, 2.24) is 0 Å². The highest BCUT2D eigenvalue weighted by Crippen LogP contribution is 2.20. The molecule has 1 rings (SSSR count). The fraction of sp³-hybridized carbons (Fsp3) is 0.538. The predicted molar refractivity (Wildman–Crippen MR) is 71.6 cm³/mol. The van der Waals surface area contributed by atoms with E-state index in [-0.39, 0.29) is 24.7 Å². The van der Waals surface area contributed by atoms with Crippen LogP contribution in [0, 0.1) is 6.92 Å². The molecule has 1 aromatic rings. The molecule has 0 unspecified atom stereocenters. The first-order valence-electron chi connectivity index (χ1n) is 6.30. The molecule has 0 heterocycles. The second kappa shape index (κ2) is 8.31. The van der Waals surface area contributed by atoms with Crippen molar-refractivity contribution < 1.29 is 26.8 Å². The van der Waals surface area contributed by atoms with Crippen molar-refractivity contribution in [2.45, 2.75) is 25.2 Å². The molecule has 0 spiro atoms. The highest BCUT2D eigenvalue weighted by atomic mass is 32.2. The summed E-state index contributed by atoms with van der Waals surface area (Å²) >= 11 is 0. The molecule has 0 aliphatic carbocycles. The van der Waals surface area contributed by atoms with E-state index in [1.54, 1.807) is 12.1 Å². The lowest BCUT2D eigenvalue weighted by Gasteiger charge is -2.09. The van der Waals surface area contributed by atoms with Gasteiger partial charge in [0.1, 0.15) is 13.3 Å². The van der Waals surface area contributed by atoms with Gasteiger partial charge in [-0.05, 0) is 25.0 Å². The molecule has 5 nitrogen and oxygen atoms in total. The van der Waals surface area contributed by atoms with E-state index in [0.29, 0.717) is 12.0 Å². The standard InChI is InChI=1S/C13H19FO5S/c1-3-12-10-11(2)4-5-13(12)20(15,16)19-18-9-8-17-7-6-14/h4-5,10H,3,6-9H2,1-2H3. The molecule has 0 amide bonds. The second-order valence-electron chi connectivity index (χ2n) is 4.11. The molecule has 0 saturated carbocycles. The van der Waals surface area contributed by atoms with Crippen LogP contribution in [0.1, 0.15) is 18.1 Å². The van der Waals surface area contributed by atoms with Gasteiger partial charge < -0.3 is 4.74 Å². The predicted octanol–water partition coefficient (Wildman–Crippen LogP) is 2.18. The lowest BCUT2D eigenvalue weighted by Crippen LogP contribution is -2.13. The third-order valence-corrected chi connectivity index (χ3v) is 3.75. The zero-order valence-corrected chi connectivity index (χ0v) is 12.4. The Hall–Kier alpha value is -1.02. The summed E-state index contributed by atoms with van der Waals surface area (Å²) in [5.74, 6) is 0. The molecule has 7 heteroatoms. The summed E-state index contributed by atoms with van der Waals surface area (Å²) in [6.07, 6.45) is 0.569. The zero-order chi connectivity index (χ0) is 15.0. The summed E-state index contributed by atoms with van der Waals surface area (Å²) in [5.41, 5.74) is 1.64. The smallest absolute Gasteiger partial charge is 0.323 e. The van der Waals surface area contributed by atoms with E-state index >= 15 is 0 Å². The largest absolute Gasteiger partial charge is 0.376 e. The van der Waals surface area contributed by atoms with Gasteiger partial charge >= 0.3 is 10.1 Å². The van der Waals surface area contributed by atoms with E-state index in [4.69, 9.17) is 4.74 Å². The molecular formula is C13H19FO5S. The average Bonchev–Trinajstić information content (AvgIpc) is 2.42. The van der Waals surface area contributed by atoms with Crippen molar-refractivity contribution in [3.05, 3.63) is 29.3 Å². The van der Waals surface area contributed by atoms with Gasteiger partial charge in [-0.2, -0.15) is 8.42 Å². The van der Waals surface area contributed by atoms with Crippen molar-refractivity contribution in [1.29, 1.82) is 0 Å². The molecule has 0 atom stereocenters. The fourth-order valence-electron chi connectivity index (χ4n) is 1.61. The normalized spacial score (nSPS) is 11.8. The first-order valence-corrected chi connectivity index (χ1v) is 7.71. The summed E-state index contributed by atoms with van der Waals surface area (Å²) < 4.78 is 44.9. The summed E-state index contributed by atoms with van der Waals surface area (Å²) in [7, 11) is -3.96. The lowest BCUT2D eigenvalue weighted by atomic mass is 10.1. The van der Waals surface area contributed by atoms with Gasteiger partial charge in [0.15, 0.2) is 0 Å². The van der Waals surface area contributed by atoms with Crippen LogP contribution in [0.3, 0.4) is 0 Å². The molecule has 0 aliphatic heterocycles. The third kappa shape index (κ3) is 5.16. The molecule has 0 aliphatic rings. The summed E-state index contributed by atoms with van der Waals surface area (Å²) in [5, 5.41) is 0. The Morgan fingerprint density at radius 2 is 1.95 bits per heavy atom. The number of hydrogen-bond acceptors (Lipinski definition) is 5. The Labute approximate surface area is 118 Å². The van der Waals surface area contributed by atoms with Gasteiger partial charge in [0.05, 0.1) is 18.1 Å². The minimum absolute atomic E-state index is 0.0476. The molecular weight excluding hydrogens is 287 g/mol. The molecule has 0 saturated heterocycles. The Morgan fingerprint density at radius 3 is 2.60 bits per heavy atom. The monoisotopic (exact) mass is 306 g/mol. The van der Waals surface area contributed by atoms with E-state index < -0.39 is 16.8 Å². The zero-order valence-electron chi connectivity index (χ0n) is 11.6. The van der Waals surface area contributed by atoms with E-state index in [0.717, 1.165) is 5.56 Å². The Balaban J connectivity index is 2.60. The molecule has 0 N–H and O–H groups in total. The molecule has 0 fully saturated rings. The minimum atomic E-state index is -3.96. The lowest BCUT2D eigenvalue weighted by molar-refractivity contribution is -0.210. The van der Waals surface area contributed by atoms with E-state index in [1.807, 2.05) is 13.8 Å².